The van der Waals surface area contributed by atoms with Crippen molar-refractivity contribution in [2.45, 2.75) is 0 Å². The first-order valence-corrected chi connectivity index (χ1v) is 8.20. The topological polar surface area (TPSA) is 46.3 Å². The molecule has 0 fully saturated rings. The molecule has 3 nitrogen and oxygen atoms in total. The Morgan fingerprint density at radius 3 is 2.64 bits per heavy atom. The van der Waals surface area contributed by atoms with Gasteiger partial charge in [0, 0.05) is 10.9 Å². The van der Waals surface area contributed by atoms with Crippen molar-refractivity contribution in [1.29, 1.82) is 0 Å². The predicted octanol–water partition coefficient (Wildman–Crippen LogP) is 6.02. The molecule has 0 bridgehead atoms. The smallest absolute Gasteiger partial charge is 0.141 e. The summed E-state index contributed by atoms with van der Waals surface area (Å²) in [6, 6.07) is 20.5. The van der Waals surface area contributed by atoms with E-state index in [-0.39, 0.29) is 5.75 Å². The summed E-state index contributed by atoms with van der Waals surface area (Å²) in [6.07, 6.45) is 3.69. The van der Waals surface area contributed by atoms with Gasteiger partial charge in [0.1, 0.15) is 22.8 Å². The summed E-state index contributed by atoms with van der Waals surface area (Å²) in [6.45, 7) is 0. The number of halogens is 1. The summed E-state index contributed by atoms with van der Waals surface area (Å²) < 4.78 is 5.84. The number of rotatable bonds is 3. The monoisotopic (exact) mass is 347 g/mol. The van der Waals surface area contributed by atoms with Crippen LogP contribution < -0.4 is 0 Å². The molecular weight excluding hydrogens is 334 g/mol. The second kappa shape index (κ2) is 6.46. The van der Waals surface area contributed by atoms with Crippen molar-refractivity contribution >= 4 is 34.7 Å². The van der Waals surface area contributed by atoms with Crippen LogP contribution in [0.1, 0.15) is 11.5 Å². The van der Waals surface area contributed by atoms with Crippen molar-refractivity contribution in [1.82, 2.24) is 4.98 Å². The highest BCUT2D eigenvalue weighted by molar-refractivity contribution is 6.33. The van der Waals surface area contributed by atoms with E-state index in [1.807, 2.05) is 66.7 Å². The van der Waals surface area contributed by atoms with Crippen LogP contribution in [0.3, 0.4) is 0 Å². The second-order valence-corrected chi connectivity index (χ2v) is 6.01. The Morgan fingerprint density at radius 1 is 0.880 bits per heavy atom. The Balaban J connectivity index is 1.63. The zero-order valence-electron chi connectivity index (χ0n) is 13.2. The first-order valence-electron chi connectivity index (χ1n) is 7.82. The molecular formula is C21H14ClNO2. The van der Waals surface area contributed by atoms with Gasteiger partial charge in [0.15, 0.2) is 0 Å². The van der Waals surface area contributed by atoms with Crippen molar-refractivity contribution < 1.29 is 9.52 Å². The van der Waals surface area contributed by atoms with E-state index in [0.717, 1.165) is 22.4 Å². The zero-order valence-corrected chi connectivity index (χ0v) is 13.9. The van der Waals surface area contributed by atoms with Gasteiger partial charge in [0.2, 0.25) is 0 Å². The molecule has 1 N–H and O–H groups in total. The van der Waals surface area contributed by atoms with E-state index in [4.69, 9.17) is 16.0 Å². The standard InChI is InChI=1S/C21H14ClNO2/c22-18-6-2-1-5-17(18)20-13-12-16(25-20)11-10-15-9-8-14-4-3-7-19(24)21(14)23-15/h1-13,24H/b11-10+. The Morgan fingerprint density at radius 2 is 1.76 bits per heavy atom. The van der Waals surface area contributed by atoms with Gasteiger partial charge in [0.25, 0.3) is 0 Å². The van der Waals surface area contributed by atoms with Crippen LogP contribution in [0.4, 0.5) is 0 Å². The molecule has 25 heavy (non-hydrogen) atoms. The first-order chi connectivity index (χ1) is 12.2. The number of para-hydroxylation sites is 1. The lowest BCUT2D eigenvalue weighted by molar-refractivity contribution is 0.480. The van der Waals surface area contributed by atoms with E-state index >= 15 is 0 Å². The molecule has 0 radical (unpaired) electrons. The minimum Gasteiger partial charge on any atom is -0.506 e. The van der Waals surface area contributed by atoms with Crippen molar-refractivity contribution in [2.75, 3.05) is 0 Å². The summed E-state index contributed by atoms with van der Waals surface area (Å²) in [5.41, 5.74) is 2.18. The fourth-order valence-electron chi connectivity index (χ4n) is 2.66. The maximum Gasteiger partial charge on any atom is 0.141 e. The average molecular weight is 348 g/mol. The number of aromatic hydroxyl groups is 1. The van der Waals surface area contributed by atoms with E-state index < -0.39 is 0 Å². The number of nitrogens with zero attached hydrogens (tertiary/aromatic N) is 1. The molecule has 2 aromatic carbocycles. The van der Waals surface area contributed by atoms with E-state index in [9.17, 15) is 5.11 Å². The Hall–Kier alpha value is -3.04. The third-order valence-corrected chi connectivity index (χ3v) is 4.23. The van der Waals surface area contributed by atoms with E-state index in [1.54, 1.807) is 12.1 Å². The lowest BCUT2D eigenvalue weighted by Gasteiger charge is -2.01. The highest BCUT2D eigenvalue weighted by Gasteiger charge is 2.07. The van der Waals surface area contributed by atoms with Gasteiger partial charge in [-0.2, -0.15) is 0 Å². The van der Waals surface area contributed by atoms with Crippen LogP contribution in [0.5, 0.6) is 5.75 Å². The van der Waals surface area contributed by atoms with Crippen LogP contribution in [-0.4, -0.2) is 10.1 Å². The number of phenolic OH excluding ortho intramolecular Hbond substituents is 1. The van der Waals surface area contributed by atoms with Crippen LogP contribution in [0.25, 0.3) is 34.4 Å². The molecule has 0 aliphatic heterocycles. The predicted molar refractivity (Wildman–Crippen MR) is 101 cm³/mol. The molecule has 2 heterocycles. The second-order valence-electron chi connectivity index (χ2n) is 5.60. The normalized spacial score (nSPS) is 11.4. The Kier molecular flexibility index (Phi) is 4.00. The van der Waals surface area contributed by atoms with Crippen LogP contribution in [0, 0.1) is 0 Å². The van der Waals surface area contributed by atoms with Gasteiger partial charge in [-0.05, 0) is 48.6 Å². The molecule has 2 aromatic heterocycles. The molecule has 0 aliphatic rings. The summed E-state index contributed by atoms with van der Waals surface area (Å²) in [7, 11) is 0. The highest BCUT2D eigenvalue weighted by atomic mass is 35.5. The summed E-state index contributed by atoms with van der Waals surface area (Å²) in [5, 5.41) is 11.5. The van der Waals surface area contributed by atoms with Gasteiger partial charge in [0.05, 0.1) is 10.7 Å². The van der Waals surface area contributed by atoms with Gasteiger partial charge in [-0.1, -0.05) is 41.9 Å². The maximum atomic E-state index is 9.92. The summed E-state index contributed by atoms with van der Waals surface area (Å²) in [5.74, 6) is 1.59. The van der Waals surface area contributed by atoms with Gasteiger partial charge in [-0.25, -0.2) is 4.98 Å². The fraction of sp³-hybridized carbons (Fsp3) is 0. The molecule has 122 valence electrons. The van der Waals surface area contributed by atoms with Crippen LogP contribution in [0.2, 0.25) is 5.02 Å². The lowest BCUT2D eigenvalue weighted by atomic mass is 10.2. The third-order valence-electron chi connectivity index (χ3n) is 3.90. The van der Waals surface area contributed by atoms with Gasteiger partial charge < -0.3 is 9.52 Å². The zero-order chi connectivity index (χ0) is 17.2. The van der Waals surface area contributed by atoms with Crippen molar-refractivity contribution in [3.8, 4) is 17.1 Å². The number of hydrogen-bond acceptors (Lipinski definition) is 3. The molecule has 0 aliphatic carbocycles. The van der Waals surface area contributed by atoms with Crippen molar-refractivity contribution in [3.05, 3.63) is 83.2 Å². The summed E-state index contributed by atoms with van der Waals surface area (Å²) >= 11 is 6.20. The highest BCUT2D eigenvalue weighted by Crippen LogP contribution is 2.29. The maximum absolute atomic E-state index is 9.92. The van der Waals surface area contributed by atoms with Gasteiger partial charge in [-0.3, -0.25) is 0 Å². The molecule has 0 amide bonds. The molecule has 0 saturated carbocycles. The molecule has 0 saturated heterocycles. The minimum atomic E-state index is 0.173. The van der Waals surface area contributed by atoms with Crippen LogP contribution in [-0.2, 0) is 0 Å². The Bertz CT molecular complexity index is 1080. The number of aromatic nitrogens is 1. The molecule has 0 atom stereocenters. The molecule has 4 heteroatoms. The number of fused-ring (bicyclic) bond motifs is 1. The van der Waals surface area contributed by atoms with Crippen LogP contribution in [0.15, 0.2) is 71.1 Å². The third kappa shape index (κ3) is 3.14. The molecule has 0 unspecified atom stereocenters. The van der Waals surface area contributed by atoms with E-state index in [1.165, 1.54) is 0 Å². The average Bonchev–Trinajstić information content (AvgIpc) is 3.10. The number of furan rings is 1. The number of pyridine rings is 1. The van der Waals surface area contributed by atoms with E-state index in [2.05, 4.69) is 4.98 Å². The number of hydrogen-bond donors (Lipinski definition) is 1. The number of phenols is 1. The minimum absolute atomic E-state index is 0.173. The first kappa shape index (κ1) is 15.5. The lowest BCUT2D eigenvalue weighted by Crippen LogP contribution is -1.83. The Labute approximate surface area is 149 Å². The molecule has 4 rings (SSSR count). The largest absolute Gasteiger partial charge is 0.506 e. The molecule has 4 aromatic rings. The quantitative estimate of drug-likeness (QED) is 0.492. The van der Waals surface area contributed by atoms with Gasteiger partial charge >= 0.3 is 0 Å². The van der Waals surface area contributed by atoms with Crippen LogP contribution >= 0.6 is 11.6 Å². The van der Waals surface area contributed by atoms with Crippen molar-refractivity contribution in [2.24, 2.45) is 0 Å². The van der Waals surface area contributed by atoms with Crippen molar-refractivity contribution in [3.63, 3.8) is 0 Å². The SMILES string of the molecule is Oc1cccc2ccc(/C=C/c3ccc(-c4ccccc4Cl)o3)nc12. The van der Waals surface area contributed by atoms with Gasteiger partial charge in [-0.15, -0.1) is 0 Å². The van der Waals surface area contributed by atoms with E-state index in [0.29, 0.717) is 16.3 Å². The fourth-order valence-corrected chi connectivity index (χ4v) is 2.88. The summed E-state index contributed by atoms with van der Waals surface area (Å²) in [4.78, 5) is 4.47. The molecule has 0 spiro atoms. The number of benzene rings is 2.